The van der Waals surface area contributed by atoms with E-state index in [9.17, 15) is 13.9 Å². The van der Waals surface area contributed by atoms with E-state index in [0.717, 1.165) is 0 Å². The molecule has 0 bridgehead atoms. The van der Waals surface area contributed by atoms with E-state index in [0.29, 0.717) is 0 Å². The molecule has 0 spiro atoms. The van der Waals surface area contributed by atoms with Gasteiger partial charge in [-0.15, -0.1) is 0 Å². The minimum absolute atomic E-state index is 0.0147. The molecule has 2 rings (SSSR count). The number of hydrogen-bond donors (Lipinski definition) is 1. The molecule has 18 heavy (non-hydrogen) atoms. The summed E-state index contributed by atoms with van der Waals surface area (Å²) in [4.78, 5) is 0. The van der Waals surface area contributed by atoms with Crippen molar-refractivity contribution in [3.63, 3.8) is 0 Å². The molecule has 2 aromatic rings. The number of rotatable bonds is 3. The molecule has 1 unspecified atom stereocenters. The van der Waals surface area contributed by atoms with Crippen LogP contribution >= 0.6 is 0 Å². The summed E-state index contributed by atoms with van der Waals surface area (Å²) in [7, 11) is 1.37. The molecule has 1 atom stereocenters. The number of hydrogen-bond acceptors (Lipinski definition) is 2. The zero-order valence-corrected chi connectivity index (χ0v) is 9.73. The van der Waals surface area contributed by atoms with Gasteiger partial charge in [0.05, 0.1) is 12.7 Å². The molecule has 0 saturated heterocycles. The first-order valence-corrected chi connectivity index (χ1v) is 5.40. The summed E-state index contributed by atoms with van der Waals surface area (Å²) in [5.41, 5.74) is -0.0500. The molecule has 1 N–H and O–H groups in total. The molecule has 2 aromatic carbocycles. The van der Waals surface area contributed by atoms with Crippen LogP contribution < -0.4 is 4.74 Å². The molecule has 0 saturated carbocycles. The summed E-state index contributed by atoms with van der Waals surface area (Å²) < 4.78 is 32.3. The first-order chi connectivity index (χ1) is 8.65. The van der Waals surface area contributed by atoms with Crippen molar-refractivity contribution in [3.8, 4) is 5.75 Å². The fourth-order valence-electron chi connectivity index (χ4n) is 1.81. The summed E-state index contributed by atoms with van der Waals surface area (Å²) in [5.74, 6) is -1.04. The van der Waals surface area contributed by atoms with Crippen LogP contribution in [0.5, 0.6) is 5.75 Å². The lowest BCUT2D eigenvalue weighted by Crippen LogP contribution is -2.07. The lowest BCUT2D eigenvalue weighted by molar-refractivity contribution is 0.204. The molecular formula is C14H12F2O2. The monoisotopic (exact) mass is 250 g/mol. The third-order valence-corrected chi connectivity index (χ3v) is 2.71. The number of aliphatic hydroxyl groups excluding tert-OH is 1. The van der Waals surface area contributed by atoms with Gasteiger partial charge in [0.2, 0.25) is 0 Å². The van der Waals surface area contributed by atoms with Gasteiger partial charge in [-0.05, 0) is 18.2 Å². The van der Waals surface area contributed by atoms with E-state index in [1.807, 2.05) is 0 Å². The third-order valence-electron chi connectivity index (χ3n) is 2.71. The first-order valence-electron chi connectivity index (χ1n) is 5.40. The summed E-state index contributed by atoms with van der Waals surface area (Å²) in [6, 6.07) is 9.88. The van der Waals surface area contributed by atoms with Gasteiger partial charge in [-0.2, -0.15) is 0 Å². The zero-order valence-electron chi connectivity index (χ0n) is 9.73. The lowest BCUT2D eigenvalue weighted by Gasteiger charge is -2.16. The number of ether oxygens (including phenoxy) is 1. The molecule has 2 nitrogen and oxygen atoms in total. The second-order valence-corrected chi connectivity index (χ2v) is 3.78. The summed E-state index contributed by atoms with van der Waals surface area (Å²) in [5, 5.41) is 10.1. The fourth-order valence-corrected chi connectivity index (χ4v) is 1.81. The molecule has 0 aliphatic rings. The maximum atomic E-state index is 13.7. The highest BCUT2D eigenvalue weighted by Crippen LogP contribution is 2.33. The molecule has 0 aromatic heterocycles. The van der Waals surface area contributed by atoms with Crippen LogP contribution in [0, 0.1) is 11.6 Å². The van der Waals surface area contributed by atoms with Crippen LogP contribution in [0.3, 0.4) is 0 Å². The topological polar surface area (TPSA) is 29.5 Å². The van der Waals surface area contributed by atoms with Gasteiger partial charge < -0.3 is 9.84 Å². The van der Waals surface area contributed by atoms with Crippen LogP contribution in [0.4, 0.5) is 8.78 Å². The normalized spacial score (nSPS) is 12.2. The molecule has 0 aliphatic carbocycles. The van der Waals surface area contributed by atoms with Crippen LogP contribution in [0.15, 0.2) is 42.5 Å². The molecule has 94 valence electrons. The maximum Gasteiger partial charge on any atom is 0.133 e. The van der Waals surface area contributed by atoms with Crippen molar-refractivity contribution in [2.45, 2.75) is 6.10 Å². The second-order valence-electron chi connectivity index (χ2n) is 3.78. The van der Waals surface area contributed by atoms with Gasteiger partial charge in [-0.1, -0.05) is 24.3 Å². The number of aliphatic hydroxyl groups is 1. The van der Waals surface area contributed by atoms with Gasteiger partial charge in [0.25, 0.3) is 0 Å². The van der Waals surface area contributed by atoms with Gasteiger partial charge in [0.15, 0.2) is 0 Å². The Bertz CT molecular complexity index is 555. The number of benzene rings is 2. The van der Waals surface area contributed by atoms with E-state index in [4.69, 9.17) is 4.74 Å². The lowest BCUT2D eigenvalue weighted by atomic mass is 9.99. The summed E-state index contributed by atoms with van der Waals surface area (Å²) in [6.07, 6.45) is -1.40. The van der Waals surface area contributed by atoms with Crippen LogP contribution in [0.2, 0.25) is 0 Å². The zero-order chi connectivity index (χ0) is 13.1. The Morgan fingerprint density at radius 1 is 1.00 bits per heavy atom. The minimum Gasteiger partial charge on any atom is -0.496 e. The highest BCUT2D eigenvalue weighted by Gasteiger charge is 2.22. The van der Waals surface area contributed by atoms with E-state index < -0.39 is 17.7 Å². The predicted molar refractivity (Wildman–Crippen MR) is 63.4 cm³/mol. The van der Waals surface area contributed by atoms with Crippen molar-refractivity contribution in [1.82, 2.24) is 0 Å². The van der Waals surface area contributed by atoms with Crippen molar-refractivity contribution in [2.24, 2.45) is 0 Å². The molecule has 0 aliphatic heterocycles. The van der Waals surface area contributed by atoms with Gasteiger partial charge >= 0.3 is 0 Å². The quantitative estimate of drug-likeness (QED) is 0.907. The van der Waals surface area contributed by atoms with Gasteiger partial charge in [0.1, 0.15) is 23.5 Å². The van der Waals surface area contributed by atoms with Crippen LogP contribution in [-0.4, -0.2) is 12.2 Å². The Hall–Kier alpha value is -1.94. The number of methoxy groups -OCH3 is 1. The Kier molecular flexibility index (Phi) is 3.58. The average Bonchev–Trinajstić information content (AvgIpc) is 2.38. The molecule has 0 amide bonds. The first kappa shape index (κ1) is 12.5. The Balaban J connectivity index is 2.52. The van der Waals surface area contributed by atoms with E-state index in [1.165, 1.54) is 43.5 Å². The Morgan fingerprint density at radius 2 is 1.67 bits per heavy atom. The predicted octanol–water partition coefficient (Wildman–Crippen LogP) is 3.06. The smallest absolute Gasteiger partial charge is 0.133 e. The highest BCUT2D eigenvalue weighted by molar-refractivity contribution is 5.41. The van der Waals surface area contributed by atoms with E-state index in [2.05, 4.69) is 0 Å². The third kappa shape index (κ3) is 2.19. The maximum absolute atomic E-state index is 13.7. The standard InChI is InChI=1S/C14H12F2O2/c1-18-12-8-4-7-11(16)13(12)14(17)9-5-2-3-6-10(9)15/h2-8,14,17H,1H3. The fraction of sp³-hybridized carbons (Fsp3) is 0.143. The molecule has 0 heterocycles. The van der Waals surface area contributed by atoms with Crippen LogP contribution in [0.25, 0.3) is 0 Å². The van der Waals surface area contributed by atoms with Gasteiger partial charge in [-0.3, -0.25) is 0 Å². The minimum atomic E-state index is -1.40. The summed E-state index contributed by atoms with van der Waals surface area (Å²) >= 11 is 0. The molecule has 4 heteroatoms. The van der Waals surface area contributed by atoms with E-state index in [-0.39, 0.29) is 16.9 Å². The summed E-state index contributed by atoms with van der Waals surface area (Å²) in [6.45, 7) is 0. The van der Waals surface area contributed by atoms with Crippen molar-refractivity contribution < 1.29 is 18.6 Å². The highest BCUT2D eigenvalue weighted by atomic mass is 19.1. The molecular weight excluding hydrogens is 238 g/mol. The SMILES string of the molecule is COc1cccc(F)c1C(O)c1ccccc1F. The molecule has 0 radical (unpaired) electrons. The Morgan fingerprint density at radius 3 is 2.33 bits per heavy atom. The average molecular weight is 250 g/mol. The van der Waals surface area contributed by atoms with Crippen molar-refractivity contribution in [3.05, 3.63) is 65.2 Å². The Labute approximate surface area is 103 Å². The molecule has 0 fully saturated rings. The second kappa shape index (κ2) is 5.14. The van der Waals surface area contributed by atoms with Gasteiger partial charge in [0, 0.05) is 5.56 Å². The van der Waals surface area contributed by atoms with Crippen LogP contribution in [0.1, 0.15) is 17.2 Å². The van der Waals surface area contributed by atoms with Crippen molar-refractivity contribution >= 4 is 0 Å². The van der Waals surface area contributed by atoms with E-state index in [1.54, 1.807) is 6.07 Å². The largest absolute Gasteiger partial charge is 0.496 e. The van der Waals surface area contributed by atoms with Gasteiger partial charge in [-0.25, -0.2) is 8.78 Å². The van der Waals surface area contributed by atoms with Crippen LogP contribution in [-0.2, 0) is 0 Å². The van der Waals surface area contributed by atoms with Crippen molar-refractivity contribution in [1.29, 1.82) is 0 Å². The van der Waals surface area contributed by atoms with Crippen molar-refractivity contribution in [2.75, 3.05) is 7.11 Å². The number of halogens is 2. The van der Waals surface area contributed by atoms with E-state index >= 15 is 0 Å².